The minimum atomic E-state index is -0.106. The van der Waals surface area contributed by atoms with Crippen molar-refractivity contribution in [3.63, 3.8) is 0 Å². The Hall–Kier alpha value is -2.24. The molecule has 0 aliphatic heterocycles. The van der Waals surface area contributed by atoms with Crippen molar-refractivity contribution in [1.82, 2.24) is 9.44 Å². The number of halogens is 2. The van der Waals surface area contributed by atoms with Gasteiger partial charge in [0.1, 0.15) is 0 Å². The predicted octanol–water partition coefficient (Wildman–Crippen LogP) is 7.10. The van der Waals surface area contributed by atoms with E-state index < -0.39 is 0 Å². The number of benzene rings is 2. The van der Waals surface area contributed by atoms with Crippen LogP contribution in [0.25, 0.3) is 0 Å². The molecule has 0 unspecified atom stereocenters. The van der Waals surface area contributed by atoms with Crippen LogP contribution in [0.4, 0.5) is 0 Å². The number of hydrogen-bond acceptors (Lipinski definition) is 6. The van der Waals surface area contributed by atoms with E-state index in [9.17, 15) is 9.59 Å². The molecular formula is C26H22Cl2N2O2PdS2. The Morgan fingerprint density at radius 2 is 0.943 bits per heavy atom. The molecule has 0 fully saturated rings. The molecule has 184 valence electrons. The first-order chi connectivity index (χ1) is 17.1. The molecule has 2 N–H and O–H groups in total. The van der Waals surface area contributed by atoms with Crippen molar-refractivity contribution in [2.45, 2.75) is 9.79 Å². The summed E-state index contributed by atoms with van der Waals surface area (Å²) >= 11 is 2.85. The van der Waals surface area contributed by atoms with Crippen molar-refractivity contribution in [1.29, 1.82) is 0 Å². The standard InChI is InChI=1S/2C13H11NOS.2ClH.Pd/c2*15-13-9-5-4-6-11(13)10-14-16-12-7-2-1-3-8-12;;;/h2*1-10,14H;2*1H;/q;;;;+2/p-2. The summed E-state index contributed by atoms with van der Waals surface area (Å²) in [6.45, 7) is 0. The Morgan fingerprint density at radius 3 is 1.29 bits per heavy atom. The summed E-state index contributed by atoms with van der Waals surface area (Å²) in [5.41, 5.74) is 1.34. The molecule has 0 aromatic heterocycles. The van der Waals surface area contributed by atoms with Gasteiger partial charge in [0.25, 0.3) is 0 Å². The van der Waals surface area contributed by atoms with E-state index in [1.807, 2.05) is 72.8 Å². The molecule has 35 heavy (non-hydrogen) atoms. The molecule has 0 saturated heterocycles. The monoisotopic (exact) mass is 634 g/mol. The summed E-state index contributed by atoms with van der Waals surface area (Å²) in [6, 6.07) is 19.9. The third kappa shape index (κ3) is 12.3. The van der Waals surface area contributed by atoms with Crippen molar-refractivity contribution in [3.8, 4) is 0 Å². The summed E-state index contributed by atoms with van der Waals surface area (Å²) in [7, 11) is 9.63. The summed E-state index contributed by atoms with van der Waals surface area (Å²) in [6.07, 6.45) is 17.3. The van der Waals surface area contributed by atoms with Gasteiger partial charge in [-0.15, -0.1) is 0 Å². The molecule has 9 heteroatoms. The second kappa shape index (κ2) is 18.1. The van der Waals surface area contributed by atoms with Crippen LogP contribution in [0.1, 0.15) is 0 Å². The molecule has 0 atom stereocenters. The van der Waals surface area contributed by atoms with E-state index in [1.54, 1.807) is 48.9 Å². The van der Waals surface area contributed by atoms with Gasteiger partial charge in [-0.25, -0.2) is 0 Å². The number of nitrogens with one attached hydrogen (secondary N) is 2. The maximum absolute atomic E-state index is 11.4. The zero-order chi connectivity index (χ0) is 25.1. The van der Waals surface area contributed by atoms with Crippen LogP contribution in [0, 0.1) is 0 Å². The fraction of sp³-hybridized carbons (Fsp3) is 0. The second-order valence-corrected chi connectivity index (χ2v) is 10.7. The normalized spacial score (nSPS) is 15.9. The first-order valence-electron chi connectivity index (χ1n) is 10.1. The first-order valence-corrected chi connectivity index (χ1v) is 15.7. The number of ketones is 2. The number of allylic oxidation sites excluding steroid dienone is 10. The molecule has 0 saturated carbocycles. The molecule has 2 aliphatic carbocycles. The first kappa shape index (κ1) is 29.0. The molecule has 0 heterocycles. The van der Waals surface area contributed by atoms with Gasteiger partial charge in [0.05, 0.1) is 0 Å². The van der Waals surface area contributed by atoms with Gasteiger partial charge in [0.15, 0.2) is 11.6 Å². The minimum absolute atomic E-state index is 0.0312. The number of carbonyl (C=O) groups is 2. The molecule has 4 rings (SSSR count). The van der Waals surface area contributed by atoms with Crippen LogP contribution in [0.15, 0.2) is 143 Å². The Kier molecular flexibility index (Phi) is 15.0. The van der Waals surface area contributed by atoms with Gasteiger partial charge in [-0.05, 0) is 72.5 Å². The van der Waals surface area contributed by atoms with Gasteiger partial charge in [0.2, 0.25) is 0 Å². The maximum atomic E-state index is 11.4. The van der Waals surface area contributed by atoms with Crippen molar-refractivity contribution in [2.24, 2.45) is 0 Å². The summed E-state index contributed by atoms with van der Waals surface area (Å²) in [5.74, 6) is 0.0623. The third-order valence-electron chi connectivity index (χ3n) is 4.11. The zero-order valence-corrected chi connectivity index (χ0v) is 23.0. The van der Waals surface area contributed by atoms with E-state index in [0.29, 0.717) is 11.1 Å². The number of carbonyl (C=O) groups excluding carboxylic acids is 2. The SMILES string of the molecule is O=C1C=CC=CC1=CNSc1ccccc1.O=C1C=CC=CC1=CNSc1ccccc1.[Cl][Pd][Cl]. The van der Waals surface area contributed by atoms with Crippen molar-refractivity contribution in [2.75, 3.05) is 0 Å². The van der Waals surface area contributed by atoms with Crippen LogP contribution >= 0.6 is 43.0 Å². The van der Waals surface area contributed by atoms with E-state index >= 15 is 0 Å². The fourth-order valence-electron chi connectivity index (χ4n) is 2.50. The Balaban J connectivity index is 0.000000222. The topological polar surface area (TPSA) is 58.2 Å². The van der Waals surface area contributed by atoms with Crippen LogP contribution in [0.5, 0.6) is 0 Å². The van der Waals surface area contributed by atoms with Crippen LogP contribution in [0.3, 0.4) is 0 Å². The summed E-state index contributed by atoms with van der Waals surface area (Å²) in [4.78, 5) is 25.0. The average molecular weight is 636 g/mol. The van der Waals surface area contributed by atoms with Crippen LogP contribution in [0.2, 0.25) is 0 Å². The van der Waals surface area contributed by atoms with Gasteiger partial charge in [-0.1, -0.05) is 60.7 Å². The average Bonchev–Trinajstić information content (AvgIpc) is 2.89. The van der Waals surface area contributed by atoms with Crippen molar-refractivity contribution in [3.05, 3.63) is 133 Å². The third-order valence-corrected chi connectivity index (χ3v) is 5.59. The fourth-order valence-corrected chi connectivity index (χ4v) is 3.73. The van der Waals surface area contributed by atoms with E-state index in [1.165, 1.54) is 23.9 Å². The summed E-state index contributed by atoms with van der Waals surface area (Å²) < 4.78 is 6.10. The summed E-state index contributed by atoms with van der Waals surface area (Å²) in [5, 5.41) is 0. The Bertz CT molecular complexity index is 1040. The van der Waals surface area contributed by atoms with Crippen LogP contribution in [-0.4, -0.2) is 11.6 Å². The van der Waals surface area contributed by atoms with E-state index in [4.69, 9.17) is 19.1 Å². The molecule has 0 radical (unpaired) electrons. The molecule has 4 nitrogen and oxygen atoms in total. The van der Waals surface area contributed by atoms with Crippen molar-refractivity contribution >= 4 is 54.5 Å². The predicted molar refractivity (Wildman–Crippen MR) is 145 cm³/mol. The van der Waals surface area contributed by atoms with Gasteiger partial charge in [-0.2, -0.15) is 0 Å². The number of hydrogen-bond donors (Lipinski definition) is 2. The number of rotatable bonds is 6. The zero-order valence-electron chi connectivity index (χ0n) is 18.3. The van der Waals surface area contributed by atoms with Crippen LogP contribution in [-0.2, 0) is 25.5 Å². The van der Waals surface area contributed by atoms with Gasteiger partial charge in [0, 0.05) is 33.3 Å². The molecule has 2 aromatic rings. The van der Waals surface area contributed by atoms with E-state index in [-0.39, 0.29) is 27.5 Å². The quantitative estimate of drug-likeness (QED) is 0.201. The van der Waals surface area contributed by atoms with E-state index in [2.05, 4.69) is 9.44 Å². The molecule has 0 spiro atoms. The second-order valence-electron chi connectivity index (χ2n) is 6.48. The molecule has 0 amide bonds. The Labute approximate surface area is 230 Å². The van der Waals surface area contributed by atoms with Crippen molar-refractivity contribution < 1.29 is 25.5 Å². The van der Waals surface area contributed by atoms with E-state index in [0.717, 1.165) is 9.79 Å². The van der Waals surface area contributed by atoms with Gasteiger partial charge in [-0.3, -0.25) is 9.59 Å². The molecule has 2 aromatic carbocycles. The molecule has 2 aliphatic rings. The molecule has 0 bridgehead atoms. The van der Waals surface area contributed by atoms with Gasteiger partial charge < -0.3 is 9.44 Å². The van der Waals surface area contributed by atoms with Gasteiger partial charge >= 0.3 is 35.0 Å². The molecular weight excluding hydrogens is 614 g/mol. The Morgan fingerprint density at radius 1 is 0.600 bits per heavy atom. The van der Waals surface area contributed by atoms with Crippen LogP contribution < -0.4 is 9.44 Å².